The minimum absolute atomic E-state index is 0.0293. The lowest BCUT2D eigenvalue weighted by Gasteiger charge is -2.26. The third-order valence-electron chi connectivity index (χ3n) is 3.75. The van der Waals surface area contributed by atoms with Gasteiger partial charge in [0.05, 0.1) is 11.7 Å². The Hall–Kier alpha value is -2.47. The summed E-state index contributed by atoms with van der Waals surface area (Å²) in [6, 6.07) is 10.8. The number of amides is 1. The van der Waals surface area contributed by atoms with Gasteiger partial charge in [0.2, 0.25) is 5.91 Å². The highest BCUT2D eigenvalue weighted by molar-refractivity contribution is 7.00. The lowest BCUT2D eigenvalue weighted by atomic mass is 9.84. The summed E-state index contributed by atoms with van der Waals surface area (Å²) in [5, 5.41) is 12.6. The average Bonchev–Trinajstić information content (AvgIpc) is 2.94. The van der Waals surface area contributed by atoms with Crippen LogP contribution in [-0.4, -0.2) is 19.8 Å². The fourth-order valence-corrected chi connectivity index (χ4v) is 3.40. The highest BCUT2D eigenvalue weighted by Crippen LogP contribution is 2.41. The van der Waals surface area contributed by atoms with E-state index in [-0.39, 0.29) is 17.6 Å². The van der Waals surface area contributed by atoms with Gasteiger partial charge in [0.15, 0.2) is 0 Å². The third-order valence-corrected chi connectivity index (χ3v) is 4.29. The van der Waals surface area contributed by atoms with Gasteiger partial charge in [-0.1, -0.05) is 12.1 Å². The number of carbonyl (C=O) groups excluding carboxylic acids is 1. The average molecular weight is 297 g/mol. The van der Waals surface area contributed by atoms with Gasteiger partial charge in [-0.25, -0.2) is 0 Å². The zero-order valence-electron chi connectivity index (χ0n) is 10.9. The van der Waals surface area contributed by atoms with E-state index in [1.54, 1.807) is 18.2 Å². The second-order valence-corrected chi connectivity index (χ2v) is 5.59. The lowest BCUT2D eigenvalue weighted by molar-refractivity contribution is -0.116. The first-order valence-electron chi connectivity index (χ1n) is 6.56. The van der Waals surface area contributed by atoms with Crippen LogP contribution in [0.1, 0.15) is 23.5 Å². The predicted molar refractivity (Wildman–Crippen MR) is 80.6 cm³/mol. The Bertz CT molecular complexity index is 859. The molecule has 0 aliphatic carbocycles. The van der Waals surface area contributed by atoms with Gasteiger partial charge in [0, 0.05) is 23.6 Å². The van der Waals surface area contributed by atoms with Crippen LogP contribution in [0.15, 0.2) is 36.4 Å². The van der Waals surface area contributed by atoms with Crippen molar-refractivity contribution in [1.29, 1.82) is 0 Å². The molecule has 4 rings (SSSR count). The maximum Gasteiger partial charge on any atom is 0.225 e. The second kappa shape index (κ2) is 4.53. The molecule has 1 amide bonds. The van der Waals surface area contributed by atoms with Crippen molar-refractivity contribution in [1.82, 2.24) is 8.75 Å². The molecule has 21 heavy (non-hydrogen) atoms. The number of nitrogens with zero attached hydrogens (tertiary/aromatic N) is 2. The SMILES string of the molecule is O=C1CC(c2cccc(O)c2)c2c(ccc3nsnc23)N1. The largest absolute Gasteiger partial charge is 0.508 e. The molecule has 6 heteroatoms. The summed E-state index contributed by atoms with van der Waals surface area (Å²) in [6.07, 6.45) is 0.340. The van der Waals surface area contributed by atoms with Gasteiger partial charge in [-0.3, -0.25) is 4.79 Å². The quantitative estimate of drug-likeness (QED) is 0.724. The number of anilines is 1. The molecule has 2 aromatic carbocycles. The van der Waals surface area contributed by atoms with E-state index in [2.05, 4.69) is 14.1 Å². The first kappa shape index (κ1) is 12.3. The summed E-state index contributed by atoms with van der Waals surface area (Å²) in [7, 11) is 0. The van der Waals surface area contributed by atoms with Gasteiger partial charge in [-0.05, 0) is 29.8 Å². The Labute approximate surface area is 124 Å². The first-order valence-corrected chi connectivity index (χ1v) is 7.29. The highest BCUT2D eigenvalue weighted by atomic mass is 32.1. The van der Waals surface area contributed by atoms with Crippen LogP contribution < -0.4 is 5.32 Å². The summed E-state index contributed by atoms with van der Waals surface area (Å²) in [4.78, 5) is 12.0. The van der Waals surface area contributed by atoms with Crippen molar-refractivity contribution >= 4 is 34.4 Å². The topological polar surface area (TPSA) is 75.1 Å². The van der Waals surface area contributed by atoms with Crippen molar-refractivity contribution < 1.29 is 9.90 Å². The number of rotatable bonds is 1. The number of hydrogen-bond acceptors (Lipinski definition) is 5. The van der Waals surface area contributed by atoms with Crippen molar-refractivity contribution in [3.63, 3.8) is 0 Å². The number of aromatic hydroxyl groups is 1. The van der Waals surface area contributed by atoms with E-state index >= 15 is 0 Å². The number of benzene rings is 2. The first-order chi connectivity index (χ1) is 10.2. The molecule has 2 heterocycles. The standard InChI is InChI=1S/C15H11N3O2S/c19-9-3-1-2-8(6-9)10-7-13(20)16-11-4-5-12-15(14(10)11)18-21-17-12/h1-6,10,19H,7H2,(H,16,20). The Morgan fingerprint density at radius 2 is 2.14 bits per heavy atom. The van der Waals surface area contributed by atoms with Gasteiger partial charge in [0.25, 0.3) is 0 Å². The van der Waals surface area contributed by atoms with Crippen molar-refractivity contribution in [2.45, 2.75) is 12.3 Å². The predicted octanol–water partition coefficient (Wildman–Crippen LogP) is 2.87. The van der Waals surface area contributed by atoms with Gasteiger partial charge >= 0.3 is 0 Å². The summed E-state index contributed by atoms with van der Waals surface area (Å²) in [6.45, 7) is 0. The van der Waals surface area contributed by atoms with Crippen LogP contribution in [0, 0.1) is 0 Å². The minimum Gasteiger partial charge on any atom is -0.508 e. The Kier molecular flexibility index (Phi) is 2.65. The molecule has 0 bridgehead atoms. The van der Waals surface area contributed by atoms with Gasteiger partial charge < -0.3 is 10.4 Å². The summed E-state index contributed by atoms with van der Waals surface area (Å²) >= 11 is 1.16. The normalized spacial score (nSPS) is 17.5. The molecule has 5 nitrogen and oxygen atoms in total. The number of fused-ring (bicyclic) bond motifs is 3. The van der Waals surface area contributed by atoms with E-state index in [0.717, 1.165) is 39.6 Å². The van der Waals surface area contributed by atoms with E-state index in [1.807, 2.05) is 18.2 Å². The summed E-state index contributed by atoms with van der Waals surface area (Å²) in [5.74, 6) is 0.0513. The van der Waals surface area contributed by atoms with Crippen LogP contribution in [-0.2, 0) is 4.79 Å². The van der Waals surface area contributed by atoms with Gasteiger partial charge in [-0.2, -0.15) is 8.75 Å². The maximum atomic E-state index is 12.0. The third kappa shape index (κ3) is 1.95. The molecular weight excluding hydrogens is 286 g/mol. The molecule has 1 aromatic heterocycles. The van der Waals surface area contributed by atoms with Crippen molar-refractivity contribution in [2.75, 3.05) is 5.32 Å². The van der Waals surface area contributed by atoms with Crippen LogP contribution in [0.25, 0.3) is 11.0 Å². The van der Waals surface area contributed by atoms with Crippen LogP contribution >= 0.6 is 11.7 Å². The van der Waals surface area contributed by atoms with Gasteiger partial charge in [0.1, 0.15) is 16.8 Å². The molecule has 0 fully saturated rings. The number of phenols is 1. The van der Waals surface area contributed by atoms with E-state index in [4.69, 9.17) is 0 Å². The second-order valence-electron chi connectivity index (χ2n) is 5.06. The molecule has 3 aromatic rings. The van der Waals surface area contributed by atoms with Crippen LogP contribution in [0.2, 0.25) is 0 Å². The van der Waals surface area contributed by atoms with E-state index < -0.39 is 0 Å². The fourth-order valence-electron chi connectivity index (χ4n) is 2.85. The number of carbonyl (C=O) groups is 1. The van der Waals surface area contributed by atoms with Crippen molar-refractivity contribution in [3.05, 3.63) is 47.5 Å². The summed E-state index contributed by atoms with van der Waals surface area (Å²) in [5.41, 5.74) is 4.32. The summed E-state index contributed by atoms with van der Waals surface area (Å²) < 4.78 is 8.63. The Morgan fingerprint density at radius 1 is 1.24 bits per heavy atom. The number of nitrogens with one attached hydrogen (secondary N) is 1. The molecule has 1 aliphatic heterocycles. The van der Waals surface area contributed by atoms with Crippen LogP contribution in [0.4, 0.5) is 5.69 Å². The molecule has 1 aliphatic rings. The highest BCUT2D eigenvalue weighted by Gasteiger charge is 2.29. The van der Waals surface area contributed by atoms with Crippen molar-refractivity contribution in [3.8, 4) is 5.75 Å². The molecular formula is C15H11N3O2S. The lowest BCUT2D eigenvalue weighted by Crippen LogP contribution is -2.23. The zero-order chi connectivity index (χ0) is 14.4. The molecule has 1 unspecified atom stereocenters. The molecule has 0 saturated heterocycles. The molecule has 0 spiro atoms. The number of hydrogen-bond donors (Lipinski definition) is 2. The van der Waals surface area contributed by atoms with Crippen LogP contribution in [0.5, 0.6) is 5.75 Å². The molecule has 0 radical (unpaired) electrons. The monoisotopic (exact) mass is 297 g/mol. The number of aromatic nitrogens is 2. The van der Waals surface area contributed by atoms with Crippen molar-refractivity contribution in [2.24, 2.45) is 0 Å². The smallest absolute Gasteiger partial charge is 0.225 e. The molecule has 2 N–H and O–H groups in total. The van der Waals surface area contributed by atoms with Gasteiger partial charge in [-0.15, -0.1) is 0 Å². The fraction of sp³-hybridized carbons (Fsp3) is 0.133. The molecule has 1 atom stereocenters. The van der Waals surface area contributed by atoms with E-state index in [1.165, 1.54) is 0 Å². The van der Waals surface area contributed by atoms with E-state index in [0.29, 0.717) is 6.42 Å². The maximum absolute atomic E-state index is 12.0. The zero-order valence-corrected chi connectivity index (χ0v) is 11.7. The molecule has 0 saturated carbocycles. The molecule has 104 valence electrons. The Balaban J connectivity index is 1.97. The van der Waals surface area contributed by atoms with Crippen LogP contribution in [0.3, 0.4) is 0 Å². The Morgan fingerprint density at radius 3 is 3.00 bits per heavy atom. The van der Waals surface area contributed by atoms with E-state index in [9.17, 15) is 9.90 Å². The minimum atomic E-state index is -0.117. The number of phenolic OH excluding ortho intramolecular Hbond substituents is 1.